The molecule has 3 atom stereocenters. The zero-order chi connectivity index (χ0) is 17.5. The van der Waals surface area contributed by atoms with Crippen LogP contribution in [0.1, 0.15) is 30.9 Å². The first-order chi connectivity index (χ1) is 11.3. The van der Waals surface area contributed by atoms with Crippen LogP contribution in [0.2, 0.25) is 5.02 Å². The minimum atomic E-state index is -2.75. The maximum Gasteiger partial charge on any atom is 0.411 e. The van der Waals surface area contributed by atoms with Crippen LogP contribution in [0.15, 0.2) is 24.3 Å². The lowest BCUT2D eigenvalue weighted by Crippen LogP contribution is -2.37. The van der Waals surface area contributed by atoms with Crippen LogP contribution in [-0.4, -0.2) is 35.5 Å². The van der Waals surface area contributed by atoms with Gasteiger partial charge in [0.05, 0.1) is 12.6 Å². The molecule has 2 fully saturated rings. The minimum absolute atomic E-state index is 0.0382. The predicted molar refractivity (Wildman–Crippen MR) is 82.7 cm³/mol. The van der Waals surface area contributed by atoms with E-state index in [2.05, 4.69) is 0 Å². The van der Waals surface area contributed by atoms with Crippen LogP contribution in [0.4, 0.5) is 13.6 Å². The molecular weight excluding hydrogens is 342 g/mol. The summed E-state index contributed by atoms with van der Waals surface area (Å²) in [6.07, 6.45) is -2.02. The highest BCUT2D eigenvalue weighted by Crippen LogP contribution is 2.47. The number of halogens is 3. The number of nitrogens with zero attached hydrogens (tertiary/aromatic N) is 1. The van der Waals surface area contributed by atoms with Crippen LogP contribution >= 0.6 is 11.6 Å². The quantitative estimate of drug-likeness (QED) is 0.898. The lowest BCUT2D eigenvalue weighted by atomic mass is 9.90. The maximum absolute atomic E-state index is 13.7. The van der Waals surface area contributed by atoms with Gasteiger partial charge in [0.1, 0.15) is 0 Å². The van der Waals surface area contributed by atoms with E-state index >= 15 is 0 Å². The Hall–Kier alpha value is -1.89. The van der Waals surface area contributed by atoms with Gasteiger partial charge in [0, 0.05) is 17.9 Å². The Bertz CT molecular complexity index is 653. The number of alkyl halides is 2. The Balaban J connectivity index is 1.92. The van der Waals surface area contributed by atoms with Crippen LogP contribution in [0, 0.1) is 5.92 Å². The lowest BCUT2D eigenvalue weighted by molar-refractivity contribution is -0.124. The van der Waals surface area contributed by atoms with E-state index in [1.54, 1.807) is 24.3 Å². The van der Waals surface area contributed by atoms with Crippen molar-refractivity contribution in [2.24, 2.45) is 11.7 Å². The number of hydrogen-bond acceptors (Lipinski definition) is 3. The number of rotatable bonds is 4. The van der Waals surface area contributed by atoms with E-state index < -0.39 is 36.0 Å². The van der Waals surface area contributed by atoms with E-state index in [0.717, 1.165) is 0 Å². The first-order valence-electron chi connectivity index (χ1n) is 7.67. The van der Waals surface area contributed by atoms with Crippen molar-refractivity contribution in [2.75, 3.05) is 6.54 Å². The van der Waals surface area contributed by atoms with Gasteiger partial charge in [-0.2, -0.15) is 0 Å². The molecule has 24 heavy (non-hydrogen) atoms. The molecule has 1 saturated heterocycles. The standard InChI is InChI=1S/C16H17ClF2N2O3/c17-11-3-1-9(2-4-11)13(10-5-6-16(18,19)7-10)21-8-12(14(20)22)24-15(21)23/h1-4,10,12-13H,5-8H2,(H2,20,22)/t10-,12?,13-/m0/s1. The molecule has 1 aromatic rings. The van der Waals surface area contributed by atoms with Crippen LogP contribution in [0.5, 0.6) is 0 Å². The zero-order valence-corrected chi connectivity index (χ0v) is 13.5. The van der Waals surface area contributed by atoms with Gasteiger partial charge in [-0.1, -0.05) is 23.7 Å². The molecule has 1 aromatic carbocycles. The second kappa shape index (κ2) is 6.20. The first kappa shape index (κ1) is 17.0. The Morgan fingerprint density at radius 2 is 2.04 bits per heavy atom. The smallest absolute Gasteiger partial charge is 0.411 e. The summed E-state index contributed by atoms with van der Waals surface area (Å²) in [5.41, 5.74) is 5.88. The van der Waals surface area contributed by atoms with Gasteiger partial charge < -0.3 is 10.5 Å². The predicted octanol–water partition coefficient (Wildman–Crippen LogP) is 3.12. The second-order valence-corrected chi connectivity index (χ2v) is 6.72. The molecule has 130 valence electrons. The van der Waals surface area contributed by atoms with Crippen molar-refractivity contribution >= 4 is 23.6 Å². The Morgan fingerprint density at radius 3 is 2.54 bits per heavy atom. The van der Waals surface area contributed by atoms with Crippen molar-refractivity contribution in [1.82, 2.24) is 4.90 Å². The van der Waals surface area contributed by atoms with E-state index in [0.29, 0.717) is 10.6 Å². The molecule has 0 bridgehead atoms. The fourth-order valence-electron chi connectivity index (χ4n) is 3.48. The number of carbonyl (C=O) groups is 2. The topological polar surface area (TPSA) is 72.6 Å². The Morgan fingerprint density at radius 1 is 1.38 bits per heavy atom. The maximum atomic E-state index is 13.7. The molecular formula is C16H17ClF2N2O3. The third-order valence-corrected chi connectivity index (χ3v) is 4.84. The summed E-state index contributed by atoms with van der Waals surface area (Å²) in [6.45, 7) is -0.0382. The number of benzene rings is 1. The lowest BCUT2D eigenvalue weighted by Gasteiger charge is -2.31. The van der Waals surface area contributed by atoms with Crippen molar-refractivity contribution in [1.29, 1.82) is 0 Å². The third kappa shape index (κ3) is 3.31. The number of hydrogen-bond donors (Lipinski definition) is 1. The van der Waals surface area contributed by atoms with E-state index in [4.69, 9.17) is 22.1 Å². The van der Waals surface area contributed by atoms with Crippen LogP contribution in [0.25, 0.3) is 0 Å². The van der Waals surface area contributed by atoms with E-state index in [1.165, 1.54) is 4.90 Å². The second-order valence-electron chi connectivity index (χ2n) is 6.28. The molecule has 2 aliphatic rings. The molecule has 1 saturated carbocycles. The van der Waals surface area contributed by atoms with Gasteiger partial charge in [0.2, 0.25) is 5.92 Å². The Kier molecular flexibility index (Phi) is 4.38. The summed E-state index contributed by atoms with van der Waals surface area (Å²) in [5, 5.41) is 0.508. The number of carbonyl (C=O) groups excluding carboxylic acids is 2. The molecule has 2 amide bonds. The summed E-state index contributed by atoms with van der Waals surface area (Å²) in [5.74, 6) is -3.93. The van der Waals surface area contributed by atoms with Gasteiger partial charge in [-0.25, -0.2) is 13.6 Å². The molecule has 1 aliphatic carbocycles. The Labute approximate surface area is 142 Å². The van der Waals surface area contributed by atoms with Gasteiger partial charge in [-0.05, 0) is 30.0 Å². The van der Waals surface area contributed by atoms with E-state index in [-0.39, 0.29) is 25.8 Å². The van der Waals surface area contributed by atoms with Gasteiger partial charge >= 0.3 is 6.09 Å². The number of amides is 2. The fraction of sp³-hybridized carbons (Fsp3) is 0.500. The number of nitrogens with two attached hydrogens (primary N) is 1. The number of cyclic esters (lactones) is 1. The van der Waals surface area contributed by atoms with E-state index in [9.17, 15) is 18.4 Å². The van der Waals surface area contributed by atoms with Crippen molar-refractivity contribution in [2.45, 2.75) is 37.3 Å². The highest BCUT2D eigenvalue weighted by molar-refractivity contribution is 6.30. The average Bonchev–Trinajstić information content (AvgIpc) is 3.05. The highest BCUT2D eigenvalue weighted by Gasteiger charge is 2.48. The molecule has 0 radical (unpaired) electrons. The van der Waals surface area contributed by atoms with Gasteiger partial charge in [-0.15, -0.1) is 0 Å². The number of primary amides is 1. The summed E-state index contributed by atoms with van der Waals surface area (Å²) in [6, 6.07) is 6.09. The van der Waals surface area contributed by atoms with Gasteiger partial charge in [0.25, 0.3) is 5.91 Å². The normalized spacial score (nSPS) is 27.1. The largest absolute Gasteiger partial charge is 0.434 e. The molecule has 2 N–H and O–H groups in total. The molecule has 5 nitrogen and oxygen atoms in total. The summed E-state index contributed by atoms with van der Waals surface area (Å²) in [7, 11) is 0. The summed E-state index contributed by atoms with van der Waals surface area (Å²) < 4.78 is 32.4. The zero-order valence-electron chi connectivity index (χ0n) is 12.8. The first-order valence-corrected chi connectivity index (χ1v) is 8.04. The minimum Gasteiger partial charge on any atom is -0.434 e. The molecule has 1 unspecified atom stereocenters. The van der Waals surface area contributed by atoms with Crippen molar-refractivity contribution in [3.8, 4) is 0 Å². The molecule has 0 spiro atoms. The SMILES string of the molecule is NC(=O)C1CN([C@@H](c2ccc(Cl)cc2)[C@H]2CCC(F)(F)C2)C(=O)O1. The third-order valence-electron chi connectivity index (χ3n) is 4.59. The fourth-order valence-corrected chi connectivity index (χ4v) is 3.60. The molecule has 1 heterocycles. The van der Waals surface area contributed by atoms with Gasteiger partial charge in [-0.3, -0.25) is 9.69 Å². The average molecular weight is 359 g/mol. The van der Waals surface area contributed by atoms with Crippen LogP contribution < -0.4 is 5.73 Å². The highest BCUT2D eigenvalue weighted by atomic mass is 35.5. The van der Waals surface area contributed by atoms with Crippen molar-refractivity contribution in [3.05, 3.63) is 34.9 Å². The van der Waals surface area contributed by atoms with Gasteiger partial charge in [0.15, 0.2) is 6.10 Å². The molecule has 3 rings (SSSR count). The molecule has 8 heteroatoms. The molecule has 0 aromatic heterocycles. The van der Waals surface area contributed by atoms with Crippen LogP contribution in [-0.2, 0) is 9.53 Å². The summed E-state index contributed by atoms with van der Waals surface area (Å²) in [4.78, 5) is 24.8. The number of ether oxygens (including phenoxy) is 1. The van der Waals surface area contributed by atoms with E-state index in [1.807, 2.05) is 0 Å². The van der Waals surface area contributed by atoms with Crippen molar-refractivity contribution < 1.29 is 23.1 Å². The monoisotopic (exact) mass is 358 g/mol. The van der Waals surface area contributed by atoms with Crippen LogP contribution in [0.3, 0.4) is 0 Å². The van der Waals surface area contributed by atoms with Crippen molar-refractivity contribution in [3.63, 3.8) is 0 Å². The molecule has 1 aliphatic heterocycles. The summed E-state index contributed by atoms with van der Waals surface area (Å²) >= 11 is 5.89.